The minimum absolute atomic E-state index is 0.0542. The fourth-order valence-electron chi connectivity index (χ4n) is 1.94. The molecule has 0 spiro atoms. The van der Waals surface area contributed by atoms with Crippen LogP contribution in [0.15, 0.2) is 18.5 Å². The largest absolute Gasteiger partial charge is 0.325 e. The number of nitrogens with zero attached hydrogens (tertiary/aromatic N) is 2. The van der Waals surface area contributed by atoms with E-state index in [2.05, 4.69) is 4.98 Å². The summed E-state index contributed by atoms with van der Waals surface area (Å²) in [6.45, 7) is 2.25. The van der Waals surface area contributed by atoms with Crippen LogP contribution in [-0.4, -0.2) is 17.6 Å². The van der Waals surface area contributed by atoms with Crippen LogP contribution in [0.4, 0.5) is 14.5 Å². The second-order valence-corrected chi connectivity index (χ2v) is 3.94. The van der Waals surface area contributed by atoms with Crippen molar-refractivity contribution < 1.29 is 8.78 Å². The Kier molecular flexibility index (Phi) is 2.59. The first-order valence-electron chi connectivity index (χ1n) is 5.17. The molecule has 2 nitrogen and oxygen atoms in total. The normalized spacial score (nSPS) is 20.3. The molecule has 0 saturated carbocycles. The molecule has 0 radical (unpaired) electrons. The third-order valence-corrected chi connectivity index (χ3v) is 2.81. The Bertz CT molecular complexity index is 352. The first-order valence-corrected chi connectivity index (χ1v) is 5.17. The first kappa shape index (κ1) is 10.3. The molecule has 0 unspecified atom stereocenters. The van der Waals surface area contributed by atoms with Gasteiger partial charge in [0.25, 0.3) is 0 Å². The van der Waals surface area contributed by atoms with Crippen molar-refractivity contribution in [1.29, 1.82) is 0 Å². The van der Waals surface area contributed by atoms with Gasteiger partial charge >= 0.3 is 6.05 Å². The number of alkyl halides is 2. The van der Waals surface area contributed by atoms with Gasteiger partial charge in [-0.15, -0.1) is 0 Å². The van der Waals surface area contributed by atoms with Crippen LogP contribution < -0.4 is 4.90 Å². The maximum atomic E-state index is 13.6. The van der Waals surface area contributed by atoms with E-state index in [4.69, 9.17) is 0 Å². The summed E-state index contributed by atoms with van der Waals surface area (Å²) >= 11 is 0. The Hall–Kier alpha value is -1.19. The van der Waals surface area contributed by atoms with Crippen molar-refractivity contribution in [3.63, 3.8) is 0 Å². The van der Waals surface area contributed by atoms with Crippen molar-refractivity contribution >= 4 is 5.69 Å². The summed E-state index contributed by atoms with van der Waals surface area (Å²) in [5.74, 6) is 0. The molecule has 2 heterocycles. The molecule has 2 rings (SSSR count). The minimum atomic E-state index is -2.72. The third-order valence-electron chi connectivity index (χ3n) is 2.81. The van der Waals surface area contributed by atoms with Crippen LogP contribution in [0, 0.1) is 6.92 Å². The van der Waals surface area contributed by atoms with Crippen molar-refractivity contribution in [2.75, 3.05) is 11.4 Å². The lowest BCUT2D eigenvalue weighted by molar-refractivity contribution is -0.0249. The topological polar surface area (TPSA) is 16.1 Å². The zero-order chi connectivity index (χ0) is 10.9. The summed E-state index contributed by atoms with van der Waals surface area (Å²) in [7, 11) is 0. The van der Waals surface area contributed by atoms with Crippen molar-refractivity contribution in [2.24, 2.45) is 0 Å². The highest BCUT2D eigenvalue weighted by atomic mass is 19.3. The molecule has 0 atom stereocenters. The van der Waals surface area contributed by atoms with E-state index in [-0.39, 0.29) is 6.42 Å². The second-order valence-electron chi connectivity index (χ2n) is 3.94. The molecule has 1 aromatic rings. The van der Waals surface area contributed by atoms with Gasteiger partial charge in [-0.25, -0.2) is 0 Å². The number of pyridine rings is 1. The standard InChI is InChI=1S/C11H14F2N2/c1-9-4-6-14-8-10(9)15-7-3-2-5-11(15,12)13/h4,6,8H,2-3,5,7H2,1H3. The van der Waals surface area contributed by atoms with Crippen molar-refractivity contribution in [3.05, 3.63) is 24.0 Å². The molecule has 0 aliphatic carbocycles. The van der Waals surface area contributed by atoms with Gasteiger partial charge in [0.2, 0.25) is 0 Å². The van der Waals surface area contributed by atoms with Gasteiger partial charge in [-0.1, -0.05) is 0 Å². The first-order chi connectivity index (χ1) is 7.11. The number of hydrogen-bond acceptors (Lipinski definition) is 2. The minimum Gasteiger partial charge on any atom is -0.312 e. The maximum absolute atomic E-state index is 13.6. The second kappa shape index (κ2) is 3.76. The molecule has 1 aliphatic rings. The third kappa shape index (κ3) is 1.94. The Labute approximate surface area is 87.9 Å². The van der Waals surface area contributed by atoms with Crippen LogP contribution in [0.5, 0.6) is 0 Å². The smallest absolute Gasteiger partial charge is 0.312 e. The molecule has 15 heavy (non-hydrogen) atoms. The van der Waals surface area contributed by atoms with Crippen LogP contribution >= 0.6 is 0 Å². The van der Waals surface area contributed by atoms with Crippen LogP contribution in [0.25, 0.3) is 0 Å². The van der Waals surface area contributed by atoms with Crippen LogP contribution in [-0.2, 0) is 0 Å². The Morgan fingerprint density at radius 3 is 2.87 bits per heavy atom. The van der Waals surface area contributed by atoms with Gasteiger partial charge in [0, 0.05) is 19.2 Å². The zero-order valence-electron chi connectivity index (χ0n) is 8.71. The fourth-order valence-corrected chi connectivity index (χ4v) is 1.94. The molecule has 1 aromatic heterocycles. The Balaban J connectivity index is 2.33. The number of hydrogen-bond donors (Lipinski definition) is 0. The highest BCUT2D eigenvalue weighted by Gasteiger charge is 2.39. The van der Waals surface area contributed by atoms with Crippen molar-refractivity contribution in [1.82, 2.24) is 4.98 Å². The molecule has 82 valence electrons. The maximum Gasteiger partial charge on any atom is 0.325 e. The highest BCUT2D eigenvalue weighted by Crippen LogP contribution is 2.36. The number of aryl methyl sites for hydroxylation is 1. The van der Waals surface area contributed by atoms with E-state index in [0.717, 1.165) is 12.0 Å². The number of piperidine rings is 1. The van der Waals surface area contributed by atoms with Crippen LogP contribution in [0.1, 0.15) is 24.8 Å². The van der Waals surface area contributed by atoms with Gasteiger partial charge in [0.15, 0.2) is 0 Å². The number of aromatic nitrogens is 1. The average molecular weight is 212 g/mol. The van der Waals surface area contributed by atoms with E-state index >= 15 is 0 Å². The molecular weight excluding hydrogens is 198 g/mol. The lowest BCUT2D eigenvalue weighted by atomic mass is 10.1. The summed E-state index contributed by atoms with van der Waals surface area (Å²) in [6.07, 6.45) is 4.52. The van der Waals surface area contributed by atoms with Gasteiger partial charge in [-0.3, -0.25) is 4.98 Å². The summed E-state index contributed by atoms with van der Waals surface area (Å²) in [5, 5.41) is 0. The molecule has 1 aliphatic heterocycles. The van der Waals surface area contributed by atoms with Gasteiger partial charge in [-0.2, -0.15) is 8.78 Å². The number of anilines is 1. The highest BCUT2D eigenvalue weighted by molar-refractivity contribution is 5.52. The average Bonchev–Trinajstić information content (AvgIpc) is 2.19. The summed E-state index contributed by atoms with van der Waals surface area (Å²) in [4.78, 5) is 5.09. The lowest BCUT2D eigenvalue weighted by Crippen LogP contribution is -2.45. The van der Waals surface area contributed by atoms with E-state index in [9.17, 15) is 8.78 Å². The summed E-state index contributed by atoms with van der Waals surface area (Å²) in [6, 6.07) is -0.952. The molecule has 1 saturated heterocycles. The molecule has 0 amide bonds. The molecule has 0 N–H and O–H groups in total. The monoisotopic (exact) mass is 212 g/mol. The Morgan fingerprint density at radius 2 is 2.20 bits per heavy atom. The molecular formula is C11H14F2N2. The SMILES string of the molecule is Cc1ccncc1N1CCCCC1(F)F. The number of rotatable bonds is 1. The number of halogens is 2. The predicted molar refractivity (Wildman–Crippen MR) is 55.1 cm³/mol. The fraction of sp³-hybridized carbons (Fsp3) is 0.545. The summed E-state index contributed by atoms with van der Waals surface area (Å²) in [5.41, 5.74) is 1.41. The summed E-state index contributed by atoms with van der Waals surface area (Å²) < 4.78 is 27.3. The van der Waals surface area contributed by atoms with Gasteiger partial charge in [-0.05, 0) is 31.4 Å². The Morgan fingerprint density at radius 1 is 1.40 bits per heavy atom. The molecule has 0 aromatic carbocycles. The van der Waals surface area contributed by atoms with Gasteiger partial charge in [0.05, 0.1) is 11.9 Å². The van der Waals surface area contributed by atoms with Crippen molar-refractivity contribution in [3.8, 4) is 0 Å². The van der Waals surface area contributed by atoms with Crippen LogP contribution in [0.3, 0.4) is 0 Å². The molecule has 0 bridgehead atoms. The van der Waals surface area contributed by atoms with Gasteiger partial charge < -0.3 is 4.90 Å². The van der Waals surface area contributed by atoms with E-state index in [1.165, 1.54) is 11.1 Å². The zero-order valence-corrected chi connectivity index (χ0v) is 8.71. The quantitative estimate of drug-likeness (QED) is 0.665. The van der Waals surface area contributed by atoms with E-state index < -0.39 is 6.05 Å². The van der Waals surface area contributed by atoms with E-state index in [1.54, 1.807) is 12.3 Å². The van der Waals surface area contributed by atoms with Crippen LogP contribution in [0.2, 0.25) is 0 Å². The predicted octanol–water partition coefficient (Wildman–Crippen LogP) is 2.97. The van der Waals surface area contributed by atoms with E-state index in [0.29, 0.717) is 18.7 Å². The van der Waals surface area contributed by atoms with Gasteiger partial charge in [0.1, 0.15) is 0 Å². The van der Waals surface area contributed by atoms with Crippen molar-refractivity contribution in [2.45, 2.75) is 32.2 Å². The van der Waals surface area contributed by atoms with E-state index in [1.807, 2.05) is 6.92 Å². The molecule has 4 heteroatoms. The lowest BCUT2D eigenvalue weighted by Gasteiger charge is -2.37. The molecule has 1 fully saturated rings.